The zero-order valence-corrected chi connectivity index (χ0v) is 20.8. The highest BCUT2D eigenvalue weighted by Crippen LogP contribution is 2.66. The van der Waals surface area contributed by atoms with E-state index in [1.807, 2.05) is 30.3 Å². The van der Waals surface area contributed by atoms with Crippen LogP contribution in [-0.4, -0.2) is 63.5 Å². The highest BCUT2D eigenvalue weighted by atomic mass is 32.2. The van der Waals surface area contributed by atoms with Crippen LogP contribution >= 0.6 is 11.8 Å². The van der Waals surface area contributed by atoms with Crippen LogP contribution in [0.3, 0.4) is 0 Å². The van der Waals surface area contributed by atoms with Gasteiger partial charge in [-0.1, -0.05) is 43.7 Å². The molecule has 3 N–H and O–H groups in total. The molecular weight excluding hydrogens is 450 g/mol. The van der Waals surface area contributed by atoms with Crippen molar-refractivity contribution < 1.29 is 19.5 Å². The second-order valence-corrected chi connectivity index (χ2v) is 11.3. The Labute approximate surface area is 206 Å². The number of nitrogens with zero attached hydrogens (tertiary/aromatic N) is 1. The standard InChI is InChI=1S/C26H37N3O4S/c1-2-3-14-27-24(32)22-26-13-12-19(34-26)20(23(31)28-17-18-10-6-4-7-11-18)21(26)25(33)29(22)15-8-5-9-16-30/h4,6-7,10-11,19-22,30H,2-3,5,8-9,12-17H2,1H3,(H,27,32)(H,28,31)/t19-,20+,21-,22?,26?/m0/s1. The average molecular weight is 488 g/mol. The fourth-order valence-electron chi connectivity index (χ4n) is 5.95. The Balaban J connectivity index is 1.53. The average Bonchev–Trinajstić information content (AvgIpc) is 3.48. The van der Waals surface area contributed by atoms with E-state index in [1.54, 1.807) is 16.7 Å². The van der Waals surface area contributed by atoms with Gasteiger partial charge in [0.2, 0.25) is 17.7 Å². The van der Waals surface area contributed by atoms with E-state index >= 15 is 0 Å². The first-order valence-corrected chi connectivity index (χ1v) is 13.6. The van der Waals surface area contributed by atoms with Crippen LogP contribution in [0.2, 0.25) is 0 Å². The minimum atomic E-state index is -0.530. The molecule has 3 saturated heterocycles. The van der Waals surface area contributed by atoms with Crippen LogP contribution in [-0.2, 0) is 20.9 Å². The molecule has 2 bridgehead atoms. The molecule has 0 saturated carbocycles. The summed E-state index contributed by atoms with van der Waals surface area (Å²) in [7, 11) is 0. The zero-order valence-electron chi connectivity index (χ0n) is 20.0. The monoisotopic (exact) mass is 487 g/mol. The third kappa shape index (κ3) is 4.71. The number of fused-ring (bicyclic) bond motifs is 1. The van der Waals surface area contributed by atoms with Gasteiger partial charge >= 0.3 is 0 Å². The fourth-order valence-corrected chi connectivity index (χ4v) is 8.17. The molecule has 3 amide bonds. The summed E-state index contributed by atoms with van der Waals surface area (Å²) in [6, 6.07) is 9.25. The van der Waals surface area contributed by atoms with Crippen molar-refractivity contribution in [3.05, 3.63) is 35.9 Å². The number of unbranched alkanes of at least 4 members (excludes halogenated alkanes) is 3. The third-order valence-electron chi connectivity index (χ3n) is 7.55. The van der Waals surface area contributed by atoms with Gasteiger partial charge in [0.25, 0.3) is 0 Å². The van der Waals surface area contributed by atoms with E-state index in [9.17, 15) is 14.4 Å². The first-order chi connectivity index (χ1) is 16.5. The number of nitrogens with one attached hydrogen (secondary N) is 2. The molecule has 8 heteroatoms. The molecule has 5 atom stereocenters. The second-order valence-electron chi connectivity index (χ2n) is 9.72. The van der Waals surface area contributed by atoms with Gasteiger partial charge in [-0.15, -0.1) is 11.8 Å². The quantitative estimate of drug-likeness (QED) is 0.394. The van der Waals surface area contributed by atoms with Crippen LogP contribution < -0.4 is 10.6 Å². The molecule has 1 aromatic rings. The number of hydrogen-bond acceptors (Lipinski definition) is 5. The number of likely N-dealkylation sites (tertiary alicyclic amines) is 1. The SMILES string of the molecule is CCCCNC(=O)C1N(CCCCCO)C(=O)[C@@H]2[C@H](C(=O)NCc3ccccc3)[C@@H]3CCC12S3. The van der Waals surface area contributed by atoms with Gasteiger partial charge in [0.15, 0.2) is 0 Å². The molecule has 0 aliphatic carbocycles. The number of aliphatic hydroxyl groups is 1. The number of thioether (sulfide) groups is 1. The normalized spacial score (nSPS) is 29.4. The van der Waals surface area contributed by atoms with Crippen molar-refractivity contribution in [2.24, 2.45) is 11.8 Å². The summed E-state index contributed by atoms with van der Waals surface area (Å²) in [5.41, 5.74) is 1.03. The minimum absolute atomic E-state index is 0.0470. The fraction of sp³-hybridized carbons (Fsp3) is 0.654. The highest BCUT2D eigenvalue weighted by Gasteiger charge is 2.73. The Hall–Kier alpha value is -2.06. The molecule has 3 fully saturated rings. The molecule has 3 aliphatic rings. The minimum Gasteiger partial charge on any atom is -0.396 e. The smallest absolute Gasteiger partial charge is 0.244 e. The number of aliphatic hydroxyl groups excluding tert-OH is 1. The Kier molecular flexibility index (Phi) is 8.19. The molecule has 34 heavy (non-hydrogen) atoms. The molecule has 3 aliphatic heterocycles. The molecule has 7 nitrogen and oxygen atoms in total. The maximum Gasteiger partial charge on any atom is 0.244 e. The molecule has 2 unspecified atom stereocenters. The van der Waals surface area contributed by atoms with Gasteiger partial charge in [0.05, 0.1) is 16.6 Å². The van der Waals surface area contributed by atoms with Crippen LogP contribution in [0.5, 0.6) is 0 Å². The van der Waals surface area contributed by atoms with Crippen LogP contribution in [0.4, 0.5) is 0 Å². The summed E-state index contributed by atoms with van der Waals surface area (Å²) < 4.78 is -0.524. The molecule has 1 spiro atoms. The molecule has 186 valence electrons. The lowest BCUT2D eigenvalue weighted by Crippen LogP contribution is -2.54. The van der Waals surface area contributed by atoms with E-state index in [1.165, 1.54) is 0 Å². The molecular formula is C26H37N3O4S. The van der Waals surface area contributed by atoms with E-state index in [4.69, 9.17) is 5.11 Å². The Morgan fingerprint density at radius 1 is 1.12 bits per heavy atom. The van der Waals surface area contributed by atoms with Crippen LogP contribution in [0.1, 0.15) is 57.4 Å². The first-order valence-electron chi connectivity index (χ1n) is 12.7. The Bertz CT molecular complexity index is 882. The lowest BCUT2D eigenvalue weighted by atomic mass is 9.70. The number of amides is 3. The molecule has 3 heterocycles. The number of carbonyl (C=O) groups is 3. The largest absolute Gasteiger partial charge is 0.396 e. The molecule has 0 radical (unpaired) electrons. The zero-order chi connectivity index (χ0) is 24.1. The predicted molar refractivity (Wildman–Crippen MR) is 133 cm³/mol. The number of carbonyl (C=O) groups excluding carboxylic acids is 3. The van der Waals surface area contributed by atoms with E-state index in [2.05, 4.69) is 17.6 Å². The van der Waals surface area contributed by atoms with Gasteiger partial charge in [0.1, 0.15) is 6.04 Å². The van der Waals surface area contributed by atoms with Gasteiger partial charge in [-0.05, 0) is 44.1 Å². The van der Waals surface area contributed by atoms with Crippen molar-refractivity contribution >= 4 is 29.5 Å². The van der Waals surface area contributed by atoms with Gasteiger partial charge < -0.3 is 20.6 Å². The van der Waals surface area contributed by atoms with Crippen molar-refractivity contribution in [1.29, 1.82) is 0 Å². The van der Waals surface area contributed by atoms with Gasteiger partial charge in [0, 0.05) is 31.5 Å². The first kappa shape index (κ1) is 25.0. The topological polar surface area (TPSA) is 98.7 Å². The number of rotatable bonds is 12. The summed E-state index contributed by atoms with van der Waals surface area (Å²) in [4.78, 5) is 42.3. The Morgan fingerprint density at radius 2 is 1.91 bits per heavy atom. The molecule has 4 rings (SSSR count). The summed E-state index contributed by atoms with van der Waals surface area (Å²) in [6.07, 6.45) is 5.77. The van der Waals surface area contributed by atoms with Gasteiger partial charge in [-0.2, -0.15) is 0 Å². The molecule has 1 aromatic carbocycles. The number of benzene rings is 1. The van der Waals surface area contributed by atoms with Crippen LogP contribution in [0.15, 0.2) is 30.3 Å². The van der Waals surface area contributed by atoms with Crippen molar-refractivity contribution in [2.75, 3.05) is 19.7 Å². The van der Waals surface area contributed by atoms with E-state index in [0.29, 0.717) is 26.1 Å². The van der Waals surface area contributed by atoms with Gasteiger partial charge in [-0.3, -0.25) is 14.4 Å². The third-order valence-corrected chi connectivity index (χ3v) is 9.50. The van der Waals surface area contributed by atoms with E-state index in [-0.39, 0.29) is 29.6 Å². The summed E-state index contributed by atoms with van der Waals surface area (Å²) in [5.74, 6) is -1.05. The Morgan fingerprint density at radius 3 is 2.65 bits per heavy atom. The molecule has 0 aromatic heterocycles. The highest BCUT2D eigenvalue weighted by molar-refractivity contribution is 8.02. The van der Waals surface area contributed by atoms with Crippen LogP contribution in [0.25, 0.3) is 0 Å². The maximum absolute atomic E-state index is 13.8. The summed E-state index contributed by atoms with van der Waals surface area (Å²) in [6.45, 7) is 3.75. The van der Waals surface area contributed by atoms with Gasteiger partial charge in [-0.25, -0.2) is 0 Å². The maximum atomic E-state index is 13.8. The lowest BCUT2D eigenvalue weighted by Gasteiger charge is -2.34. The summed E-state index contributed by atoms with van der Waals surface area (Å²) in [5, 5.41) is 15.3. The van der Waals surface area contributed by atoms with Crippen molar-refractivity contribution in [2.45, 2.75) is 74.5 Å². The second kappa shape index (κ2) is 11.1. The van der Waals surface area contributed by atoms with Crippen molar-refractivity contribution in [3.8, 4) is 0 Å². The van der Waals surface area contributed by atoms with E-state index in [0.717, 1.165) is 44.1 Å². The predicted octanol–water partition coefficient (Wildman–Crippen LogP) is 2.47. The number of hydrogen-bond donors (Lipinski definition) is 3. The van der Waals surface area contributed by atoms with Crippen molar-refractivity contribution in [3.63, 3.8) is 0 Å². The van der Waals surface area contributed by atoms with Crippen molar-refractivity contribution in [1.82, 2.24) is 15.5 Å². The summed E-state index contributed by atoms with van der Waals surface area (Å²) >= 11 is 1.71. The van der Waals surface area contributed by atoms with E-state index < -0.39 is 22.6 Å². The van der Waals surface area contributed by atoms with Crippen LogP contribution in [0, 0.1) is 11.8 Å². The lowest BCUT2D eigenvalue weighted by molar-refractivity contribution is -0.140.